The molecular formula is C39H56O12. The lowest BCUT2D eigenvalue weighted by Crippen LogP contribution is -2.28. The molecule has 51 heavy (non-hydrogen) atoms. The minimum absolute atomic E-state index is 0.210. The molecule has 0 aliphatic rings. The summed E-state index contributed by atoms with van der Waals surface area (Å²) >= 11 is 0. The van der Waals surface area contributed by atoms with E-state index in [4.69, 9.17) is 47.4 Å². The van der Waals surface area contributed by atoms with Gasteiger partial charge in [0.15, 0.2) is 23.0 Å². The normalized spacial score (nSPS) is 12.2. The highest BCUT2D eigenvalue weighted by atomic mass is 16.7. The molecule has 0 N–H and O–H groups in total. The molecule has 284 valence electrons. The zero-order chi connectivity index (χ0) is 38.5. The van der Waals surface area contributed by atoms with Crippen molar-refractivity contribution < 1.29 is 57.0 Å². The summed E-state index contributed by atoms with van der Waals surface area (Å²) in [5.74, 6) is 1.15. The van der Waals surface area contributed by atoms with Gasteiger partial charge in [-0.1, -0.05) is 27.0 Å². The quantitative estimate of drug-likeness (QED) is 0.0664. The summed E-state index contributed by atoms with van der Waals surface area (Å²) in [5.41, 5.74) is 0.443. The van der Waals surface area contributed by atoms with Gasteiger partial charge in [-0.3, -0.25) is 0 Å². The Hall–Kier alpha value is -4.74. The van der Waals surface area contributed by atoms with Gasteiger partial charge in [-0.2, -0.15) is 0 Å². The molecule has 2 aromatic carbocycles. The van der Waals surface area contributed by atoms with Crippen molar-refractivity contribution in [1.82, 2.24) is 0 Å². The maximum atomic E-state index is 12.5. The van der Waals surface area contributed by atoms with Gasteiger partial charge in [0.2, 0.25) is 35.6 Å². The van der Waals surface area contributed by atoms with Gasteiger partial charge >= 0.3 is 11.9 Å². The van der Waals surface area contributed by atoms with Gasteiger partial charge in [-0.05, 0) is 67.5 Å². The van der Waals surface area contributed by atoms with Crippen LogP contribution < -0.4 is 37.9 Å². The first-order chi connectivity index (χ1) is 24.1. The lowest BCUT2D eigenvalue weighted by molar-refractivity contribution is -0.157. The van der Waals surface area contributed by atoms with Crippen LogP contribution in [0.4, 0.5) is 0 Å². The average Bonchev–Trinajstić information content (AvgIpc) is 3.05. The van der Waals surface area contributed by atoms with Gasteiger partial charge < -0.3 is 47.4 Å². The molecule has 0 saturated carbocycles. The summed E-state index contributed by atoms with van der Waals surface area (Å²) in [6.07, 6.45) is -2.16. The first-order valence-electron chi connectivity index (χ1n) is 17.4. The second-order valence-electron chi connectivity index (χ2n) is 11.8. The zero-order valence-corrected chi connectivity index (χ0v) is 32.4. The van der Waals surface area contributed by atoms with Crippen molar-refractivity contribution in [2.45, 2.75) is 101 Å². The molecule has 2 aromatic rings. The van der Waals surface area contributed by atoms with E-state index in [1.54, 1.807) is 39.8 Å². The number of benzene rings is 2. The number of hydrogen-bond acceptors (Lipinski definition) is 12. The van der Waals surface area contributed by atoms with E-state index >= 15 is 0 Å². The summed E-state index contributed by atoms with van der Waals surface area (Å²) in [7, 11) is 0. The molecule has 2 unspecified atom stereocenters. The number of carbonyl (C=O) groups excluding carboxylic acids is 2. The van der Waals surface area contributed by atoms with Crippen LogP contribution in [-0.2, 0) is 24.5 Å². The Morgan fingerprint density at radius 1 is 0.549 bits per heavy atom. The van der Waals surface area contributed by atoms with Crippen LogP contribution in [0, 0.1) is 0 Å². The van der Waals surface area contributed by atoms with E-state index in [1.807, 2.05) is 55.4 Å². The van der Waals surface area contributed by atoms with Gasteiger partial charge in [0.25, 0.3) is 0 Å². The van der Waals surface area contributed by atoms with Gasteiger partial charge in [0.05, 0.1) is 39.6 Å². The second-order valence-corrected chi connectivity index (χ2v) is 11.8. The number of esters is 2. The highest BCUT2D eigenvalue weighted by molar-refractivity contribution is 5.87. The Morgan fingerprint density at radius 3 is 1.12 bits per heavy atom. The predicted octanol–water partition coefficient (Wildman–Crippen LogP) is 8.09. The molecule has 0 aromatic heterocycles. The molecule has 0 amide bonds. The van der Waals surface area contributed by atoms with Crippen LogP contribution in [-0.4, -0.2) is 64.2 Å². The molecule has 2 atom stereocenters. The summed E-state index contributed by atoms with van der Waals surface area (Å²) in [4.78, 5) is 25.1. The molecule has 2 rings (SSSR count). The topological polar surface area (TPSA) is 126 Å². The first kappa shape index (κ1) is 42.4. The maximum absolute atomic E-state index is 12.5. The van der Waals surface area contributed by atoms with E-state index in [-0.39, 0.29) is 47.4 Å². The Bertz CT molecular complexity index is 1420. The Kier molecular flexibility index (Phi) is 16.3. The van der Waals surface area contributed by atoms with Crippen LogP contribution in [0.1, 0.15) is 94.2 Å². The van der Waals surface area contributed by atoms with Crippen LogP contribution in [0.25, 0.3) is 0 Å². The molecule has 0 spiro atoms. The van der Waals surface area contributed by atoms with Crippen molar-refractivity contribution in [3.8, 4) is 46.0 Å². The van der Waals surface area contributed by atoms with Gasteiger partial charge in [-0.15, -0.1) is 0 Å². The van der Waals surface area contributed by atoms with E-state index in [2.05, 4.69) is 13.2 Å². The fourth-order valence-electron chi connectivity index (χ4n) is 5.03. The highest BCUT2D eigenvalue weighted by Crippen LogP contribution is 2.57. The summed E-state index contributed by atoms with van der Waals surface area (Å²) < 4.78 is 60.8. The number of hydrogen-bond donors (Lipinski definition) is 0. The van der Waals surface area contributed by atoms with Gasteiger partial charge in [-0.25, -0.2) is 9.59 Å². The third-order valence-corrected chi connectivity index (χ3v) is 7.22. The third kappa shape index (κ3) is 10.6. The number of ether oxygens (including phenoxy) is 10. The fraction of sp³-hybridized carbons (Fsp3) is 0.538. The molecule has 0 fully saturated rings. The fourth-order valence-corrected chi connectivity index (χ4v) is 5.03. The number of rotatable bonds is 22. The molecule has 0 heterocycles. The second kappa shape index (κ2) is 19.6. The predicted molar refractivity (Wildman–Crippen MR) is 194 cm³/mol. The van der Waals surface area contributed by atoms with E-state index in [0.29, 0.717) is 60.6 Å². The highest BCUT2D eigenvalue weighted by Gasteiger charge is 2.39. The van der Waals surface area contributed by atoms with Crippen LogP contribution >= 0.6 is 0 Å². The largest absolute Gasteiger partial charge is 0.490 e. The Morgan fingerprint density at radius 2 is 0.843 bits per heavy atom. The number of carbonyl (C=O) groups is 2. The summed E-state index contributed by atoms with van der Waals surface area (Å²) in [5, 5.41) is 0. The molecular weight excluding hydrogens is 660 g/mol. The van der Waals surface area contributed by atoms with E-state index in [1.165, 1.54) is 0 Å². The zero-order valence-electron chi connectivity index (χ0n) is 32.4. The van der Waals surface area contributed by atoms with Crippen molar-refractivity contribution in [3.05, 3.63) is 47.6 Å². The molecule has 0 radical (unpaired) electrons. The standard InChI is InChI=1S/C39H56O12/c1-15-42-29-21-27(31(35(46-19-5)33(29)44-17-3)48-25(11)50-37(40)23(7)8)39(13,14)28-22-30(43-16-2)34(45-18-4)36(47-20-6)32(28)49-26(12)51-38(41)24(9)10/h21-22,25-26H,7,9,15-20H2,1-6,8,10-14H3. The Labute approximate surface area is 302 Å². The molecule has 0 aliphatic heterocycles. The summed E-state index contributed by atoms with van der Waals surface area (Å²) in [6, 6.07) is 3.59. The molecule has 0 aliphatic carbocycles. The van der Waals surface area contributed by atoms with Crippen LogP contribution in [0.2, 0.25) is 0 Å². The van der Waals surface area contributed by atoms with E-state index < -0.39 is 29.9 Å². The first-order valence-corrected chi connectivity index (χ1v) is 17.4. The third-order valence-electron chi connectivity index (χ3n) is 7.22. The maximum Gasteiger partial charge on any atom is 0.336 e. The van der Waals surface area contributed by atoms with Crippen LogP contribution in [0.15, 0.2) is 36.4 Å². The van der Waals surface area contributed by atoms with Crippen molar-refractivity contribution >= 4 is 11.9 Å². The SMILES string of the molecule is C=C(C)C(=O)OC(C)Oc1c(C(C)(C)c2cc(OCC)c(OCC)c(OCC)c2OC(C)OC(=O)C(=C)C)cc(OCC)c(OCC)c1OCC. The molecule has 0 saturated heterocycles. The molecule has 12 heteroatoms. The van der Waals surface area contributed by atoms with Crippen LogP contribution in [0.5, 0.6) is 46.0 Å². The van der Waals surface area contributed by atoms with Crippen molar-refractivity contribution in [2.24, 2.45) is 0 Å². The summed E-state index contributed by atoms with van der Waals surface area (Å²) in [6.45, 7) is 30.3. The van der Waals surface area contributed by atoms with E-state index in [0.717, 1.165) is 0 Å². The van der Waals surface area contributed by atoms with Crippen LogP contribution in [0.3, 0.4) is 0 Å². The minimum atomic E-state index is -1.08. The monoisotopic (exact) mass is 716 g/mol. The van der Waals surface area contributed by atoms with Gasteiger partial charge in [0, 0.05) is 41.5 Å². The van der Waals surface area contributed by atoms with Gasteiger partial charge in [0.1, 0.15) is 0 Å². The smallest absolute Gasteiger partial charge is 0.336 e. The minimum Gasteiger partial charge on any atom is -0.490 e. The van der Waals surface area contributed by atoms with E-state index in [9.17, 15) is 9.59 Å². The van der Waals surface area contributed by atoms with Crippen molar-refractivity contribution in [1.29, 1.82) is 0 Å². The van der Waals surface area contributed by atoms with Crippen molar-refractivity contribution in [3.63, 3.8) is 0 Å². The Balaban J connectivity index is 3.16. The average molecular weight is 717 g/mol. The molecule has 0 bridgehead atoms. The molecule has 12 nitrogen and oxygen atoms in total. The van der Waals surface area contributed by atoms with Crippen molar-refractivity contribution in [2.75, 3.05) is 39.6 Å². The lowest BCUT2D eigenvalue weighted by atomic mass is 9.76. The lowest BCUT2D eigenvalue weighted by Gasteiger charge is -2.34.